The van der Waals surface area contributed by atoms with E-state index in [4.69, 9.17) is 4.74 Å². The molecule has 4 N–H and O–H groups in total. The minimum absolute atomic E-state index is 0.270. The number of amides is 3. The highest BCUT2D eigenvalue weighted by atomic mass is 16.5. The number of hydrogen-bond acceptors (Lipinski definition) is 8. The minimum atomic E-state index is -0.792. The van der Waals surface area contributed by atoms with E-state index in [1.54, 1.807) is 31.0 Å². The minimum Gasteiger partial charge on any atom is -0.494 e. The zero-order valence-electron chi connectivity index (χ0n) is 26.4. The van der Waals surface area contributed by atoms with Gasteiger partial charge in [0.05, 0.1) is 24.4 Å². The molecule has 0 radical (unpaired) electrons. The molecule has 5 rings (SSSR count). The van der Waals surface area contributed by atoms with Gasteiger partial charge in [-0.05, 0) is 80.8 Å². The fraction of sp³-hybridized carbons (Fsp3) is 0.485. The molecule has 0 spiro atoms. The number of ether oxygens (including phenoxy) is 1. The van der Waals surface area contributed by atoms with Gasteiger partial charge in [0.2, 0.25) is 17.7 Å². The lowest BCUT2D eigenvalue weighted by Crippen LogP contribution is -2.59. The van der Waals surface area contributed by atoms with Gasteiger partial charge in [0.1, 0.15) is 30.0 Å². The number of likely N-dealkylation sites (N-methyl/N-ethyl adjacent to an activating group) is 1. The summed E-state index contributed by atoms with van der Waals surface area (Å²) in [5, 5.41) is 13.0. The Labute approximate surface area is 258 Å². The number of benzene rings is 2. The van der Waals surface area contributed by atoms with E-state index in [-0.39, 0.29) is 17.7 Å². The molecule has 0 bridgehead atoms. The van der Waals surface area contributed by atoms with Gasteiger partial charge in [-0.2, -0.15) is 0 Å². The summed E-state index contributed by atoms with van der Waals surface area (Å²) in [6, 6.07) is 8.02. The van der Waals surface area contributed by atoms with Crippen LogP contribution in [0.3, 0.4) is 0 Å². The van der Waals surface area contributed by atoms with Crippen LogP contribution in [0, 0.1) is 5.41 Å². The summed E-state index contributed by atoms with van der Waals surface area (Å²) in [5.74, 6) is 0.203. The van der Waals surface area contributed by atoms with Crippen LogP contribution >= 0.6 is 0 Å². The van der Waals surface area contributed by atoms with Gasteiger partial charge in [0, 0.05) is 23.7 Å². The van der Waals surface area contributed by atoms with E-state index in [1.165, 1.54) is 31.0 Å². The molecule has 11 heteroatoms. The normalized spacial score (nSPS) is 17.6. The van der Waals surface area contributed by atoms with Gasteiger partial charge in [0.15, 0.2) is 0 Å². The molecule has 2 aromatic carbocycles. The number of carbonyl (C=O) groups excluding carboxylic acids is 3. The molecule has 2 heterocycles. The van der Waals surface area contributed by atoms with Crippen LogP contribution in [-0.4, -0.2) is 71.4 Å². The molecule has 3 aromatic rings. The lowest BCUT2D eigenvalue weighted by atomic mass is 9.85. The summed E-state index contributed by atoms with van der Waals surface area (Å²) < 4.78 is 5.63. The first-order valence-corrected chi connectivity index (χ1v) is 15.3. The van der Waals surface area contributed by atoms with Crippen molar-refractivity contribution in [2.75, 3.05) is 31.3 Å². The van der Waals surface area contributed by atoms with Crippen LogP contribution in [0.4, 0.5) is 17.2 Å². The Balaban J connectivity index is 1.39. The Kier molecular flexibility index (Phi) is 9.05. The molecule has 2 aliphatic rings. The number of likely N-dealkylation sites (tertiary alicyclic amines) is 1. The van der Waals surface area contributed by atoms with Gasteiger partial charge in [-0.25, -0.2) is 9.97 Å². The van der Waals surface area contributed by atoms with E-state index in [2.05, 4.69) is 49.4 Å². The third kappa shape index (κ3) is 6.47. The number of hydrogen-bond donors (Lipinski definition) is 4. The molecular weight excluding hydrogens is 558 g/mol. The zero-order valence-corrected chi connectivity index (χ0v) is 26.4. The van der Waals surface area contributed by atoms with Crippen molar-refractivity contribution >= 4 is 45.8 Å². The second-order valence-corrected chi connectivity index (χ2v) is 12.8. The van der Waals surface area contributed by atoms with E-state index in [1.807, 2.05) is 20.8 Å². The van der Waals surface area contributed by atoms with Crippen molar-refractivity contribution in [1.29, 1.82) is 0 Å². The molecule has 44 heavy (non-hydrogen) atoms. The van der Waals surface area contributed by atoms with Crippen molar-refractivity contribution in [2.24, 2.45) is 5.41 Å². The van der Waals surface area contributed by atoms with Crippen molar-refractivity contribution in [1.82, 2.24) is 25.5 Å². The molecule has 0 saturated carbocycles. The van der Waals surface area contributed by atoms with E-state index < -0.39 is 23.5 Å². The van der Waals surface area contributed by atoms with Crippen LogP contribution in [-0.2, 0) is 27.2 Å². The summed E-state index contributed by atoms with van der Waals surface area (Å²) in [4.78, 5) is 50.9. The van der Waals surface area contributed by atoms with E-state index in [0.717, 1.165) is 23.9 Å². The highest BCUT2D eigenvalue weighted by Crippen LogP contribution is 2.35. The second-order valence-electron chi connectivity index (χ2n) is 12.8. The third-order valence-electron chi connectivity index (χ3n) is 8.64. The lowest BCUT2D eigenvalue weighted by Gasteiger charge is -2.36. The number of nitrogens with one attached hydrogen (secondary N) is 4. The first-order valence-electron chi connectivity index (χ1n) is 15.3. The first kappa shape index (κ1) is 31.2. The molecule has 234 valence electrons. The molecule has 1 fully saturated rings. The fourth-order valence-electron chi connectivity index (χ4n) is 5.97. The van der Waals surface area contributed by atoms with Gasteiger partial charge >= 0.3 is 0 Å². The number of rotatable bonds is 9. The van der Waals surface area contributed by atoms with Crippen LogP contribution in [0.2, 0.25) is 0 Å². The lowest BCUT2D eigenvalue weighted by molar-refractivity contribution is -0.143. The summed E-state index contributed by atoms with van der Waals surface area (Å²) in [5.41, 5.74) is 4.24. The highest BCUT2D eigenvalue weighted by Gasteiger charge is 2.42. The Morgan fingerprint density at radius 2 is 1.82 bits per heavy atom. The third-order valence-corrected chi connectivity index (χ3v) is 8.64. The molecular formula is C33H43N7O4. The maximum absolute atomic E-state index is 13.9. The maximum atomic E-state index is 13.9. The van der Waals surface area contributed by atoms with Crippen molar-refractivity contribution < 1.29 is 19.1 Å². The first-order chi connectivity index (χ1) is 21.0. The Bertz CT molecular complexity index is 1570. The van der Waals surface area contributed by atoms with Crippen molar-refractivity contribution in [3.8, 4) is 5.75 Å². The number of nitrogens with zero attached hydrogens (tertiary/aromatic N) is 3. The number of anilines is 3. The van der Waals surface area contributed by atoms with Crippen molar-refractivity contribution in [2.45, 2.75) is 77.9 Å². The maximum Gasteiger partial charge on any atom is 0.247 e. The van der Waals surface area contributed by atoms with Gasteiger partial charge in [-0.15, -0.1) is 0 Å². The Morgan fingerprint density at radius 3 is 2.55 bits per heavy atom. The topological polar surface area (TPSA) is 138 Å². The summed E-state index contributed by atoms with van der Waals surface area (Å²) in [7, 11) is 3.23. The van der Waals surface area contributed by atoms with Crippen LogP contribution in [0.1, 0.15) is 58.1 Å². The molecule has 3 atom stereocenters. The number of methoxy groups -OCH3 is 1. The average Bonchev–Trinajstić information content (AvgIpc) is 3.68. The van der Waals surface area contributed by atoms with Gasteiger partial charge in [-0.1, -0.05) is 26.8 Å². The largest absolute Gasteiger partial charge is 0.494 e. The molecule has 1 saturated heterocycles. The number of carbonyl (C=O) groups is 3. The standard InChI is InChI=1S/C33H43N7O4/c1-19(34-5)30(41)39-28(33(2,3)4)32(43)40-14-8-11-26(40)31(42)38-25-16-23-24(17-27(25)44-6)35-18-36-29(23)37-22-13-12-20-9-7-10-21(20)15-22/h12-13,15-19,26,28,34H,7-11,14H2,1-6H3,(H,38,42)(H,39,41)(H,35,36,37)/t19-,26-,28+/m0/s1. The quantitative estimate of drug-likeness (QED) is 0.290. The van der Waals surface area contributed by atoms with Crippen LogP contribution in [0.25, 0.3) is 10.9 Å². The number of aryl methyl sites for hydroxylation is 2. The molecule has 0 unspecified atom stereocenters. The molecule has 3 amide bonds. The summed E-state index contributed by atoms with van der Waals surface area (Å²) in [6.45, 7) is 7.88. The van der Waals surface area contributed by atoms with Crippen molar-refractivity contribution in [3.05, 3.63) is 47.8 Å². The predicted octanol–water partition coefficient (Wildman–Crippen LogP) is 3.94. The number of fused-ring (bicyclic) bond motifs is 2. The fourth-order valence-corrected chi connectivity index (χ4v) is 5.97. The number of aromatic nitrogens is 2. The van der Waals surface area contributed by atoms with Crippen LogP contribution in [0.15, 0.2) is 36.7 Å². The van der Waals surface area contributed by atoms with E-state index in [9.17, 15) is 14.4 Å². The summed E-state index contributed by atoms with van der Waals surface area (Å²) >= 11 is 0. The van der Waals surface area contributed by atoms with Crippen LogP contribution in [0.5, 0.6) is 5.75 Å². The van der Waals surface area contributed by atoms with E-state index >= 15 is 0 Å². The predicted molar refractivity (Wildman–Crippen MR) is 171 cm³/mol. The summed E-state index contributed by atoms with van der Waals surface area (Å²) in [6.07, 6.45) is 6.04. The van der Waals surface area contributed by atoms with Gasteiger partial charge in [-0.3, -0.25) is 14.4 Å². The van der Waals surface area contributed by atoms with Crippen LogP contribution < -0.4 is 26.0 Å². The van der Waals surface area contributed by atoms with Crippen molar-refractivity contribution in [3.63, 3.8) is 0 Å². The SMILES string of the molecule is CN[C@@H](C)C(=O)N[C@H](C(=O)N1CCC[C@H]1C(=O)Nc1cc2c(Nc3ccc4c(c3)CCC4)ncnc2cc1OC)C(C)(C)C. The molecule has 1 aromatic heterocycles. The monoisotopic (exact) mass is 601 g/mol. The molecule has 1 aliphatic heterocycles. The zero-order chi connectivity index (χ0) is 31.6. The second kappa shape index (κ2) is 12.8. The molecule has 1 aliphatic carbocycles. The Hall–Kier alpha value is -4.25. The smallest absolute Gasteiger partial charge is 0.247 e. The van der Waals surface area contributed by atoms with E-state index in [0.29, 0.717) is 42.2 Å². The average molecular weight is 602 g/mol. The van der Waals surface area contributed by atoms with Gasteiger partial charge in [0.25, 0.3) is 0 Å². The van der Waals surface area contributed by atoms with Gasteiger partial charge < -0.3 is 30.9 Å². The Morgan fingerprint density at radius 1 is 1.05 bits per heavy atom. The molecule has 11 nitrogen and oxygen atoms in total. The highest BCUT2D eigenvalue weighted by molar-refractivity contribution is 6.03.